The topological polar surface area (TPSA) is 88.7 Å². The van der Waals surface area contributed by atoms with Crippen molar-refractivity contribution < 1.29 is 19.1 Å². The van der Waals surface area contributed by atoms with Crippen molar-refractivity contribution in [1.29, 1.82) is 0 Å². The van der Waals surface area contributed by atoms with Crippen molar-refractivity contribution in [2.45, 2.75) is 55.9 Å². The Balaban J connectivity index is 1.35. The molecule has 0 bridgehead atoms. The van der Waals surface area contributed by atoms with Crippen LogP contribution in [0.4, 0.5) is 4.79 Å². The molecule has 8 heteroatoms. The largest absolute Gasteiger partial charge is 0.379 e. The Morgan fingerprint density at radius 3 is 2.75 bits per heavy atom. The smallest absolute Gasteiger partial charge is 0.315 e. The van der Waals surface area contributed by atoms with E-state index in [0.29, 0.717) is 56.8 Å². The summed E-state index contributed by atoms with van der Waals surface area (Å²) in [6.45, 7) is 3.62. The Kier molecular flexibility index (Phi) is 11.4. The summed E-state index contributed by atoms with van der Waals surface area (Å²) < 4.78 is 10.9. The molecule has 3 atom stereocenters. The molecule has 0 saturated carbocycles. The Morgan fingerprint density at radius 2 is 1.93 bits per heavy atom. The summed E-state index contributed by atoms with van der Waals surface area (Å²) >= 11 is 1.92. The predicted octanol–water partition coefficient (Wildman–Crippen LogP) is 1.32. The van der Waals surface area contributed by atoms with E-state index in [1.54, 1.807) is 0 Å². The highest BCUT2D eigenvalue weighted by Crippen LogP contribution is 2.33. The van der Waals surface area contributed by atoms with E-state index >= 15 is 0 Å². The van der Waals surface area contributed by atoms with Gasteiger partial charge < -0.3 is 25.4 Å². The number of urea groups is 1. The van der Waals surface area contributed by atoms with Crippen LogP contribution in [0, 0.1) is 12.3 Å². The molecule has 158 valence electrons. The number of hydrogen-bond donors (Lipinski definition) is 3. The maximum absolute atomic E-state index is 12.0. The van der Waals surface area contributed by atoms with Gasteiger partial charge in [-0.15, -0.1) is 6.42 Å². The summed E-state index contributed by atoms with van der Waals surface area (Å²) in [6.07, 6.45) is 10.1. The van der Waals surface area contributed by atoms with Crippen LogP contribution in [0.5, 0.6) is 0 Å². The van der Waals surface area contributed by atoms with Crippen molar-refractivity contribution >= 4 is 23.6 Å². The van der Waals surface area contributed by atoms with Gasteiger partial charge in [0.05, 0.1) is 38.4 Å². The average molecular weight is 412 g/mol. The van der Waals surface area contributed by atoms with Gasteiger partial charge in [-0.2, -0.15) is 11.8 Å². The average Bonchev–Trinajstić information content (AvgIpc) is 3.22. The van der Waals surface area contributed by atoms with Crippen molar-refractivity contribution in [2.75, 3.05) is 45.3 Å². The van der Waals surface area contributed by atoms with E-state index in [0.717, 1.165) is 38.0 Å². The third kappa shape index (κ3) is 8.82. The number of carbonyl (C=O) groups is 2. The molecule has 2 amide bonds. The summed E-state index contributed by atoms with van der Waals surface area (Å²) in [5.74, 6) is 3.80. The number of rotatable bonds is 16. The number of hydrogen-bond acceptors (Lipinski definition) is 6. The fourth-order valence-corrected chi connectivity index (χ4v) is 4.98. The molecule has 2 saturated heterocycles. The van der Waals surface area contributed by atoms with E-state index in [2.05, 4.69) is 21.9 Å². The third-order valence-electron chi connectivity index (χ3n) is 4.90. The van der Waals surface area contributed by atoms with Crippen LogP contribution in [0.3, 0.4) is 0 Å². The first kappa shape index (κ1) is 23.0. The second-order valence-corrected chi connectivity index (χ2v) is 8.39. The van der Waals surface area contributed by atoms with Crippen molar-refractivity contribution in [3.63, 3.8) is 0 Å². The fourth-order valence-electron chi connectivity index (χ4n) is 3.43. The SMILES string of the molecule is C#CCNCCOCCOCCCC(=O)CCCC[C@H]1SCC2NC(=O)NC21. The predicted molar refractivity (Wildman–Crippen MR) is 112 cm³/mol. The number of nitrogens with one attached hydrogen (secondary N) is 3. The van der Waals surface area contributed by atoms with E-state index in [4.69, 9.17) is 15.9 Å². The van der Waals surface area contributed by atoms with Gasteiger partial charge in [-0.1, -0.05) is 12.3 Å². The third-order valence-corrected chi connectivity index (χ3v) is 6.41. The maximum atomic E-state index is 12.0. The van der Waals surface area contributed by atoms with Crippen molar-refractivity contribution in [2.24, 2.45) is 0 Å². The molecular formula is C20H33N3O4S. The molecule has 2 rings (SSSR count). The van der Waals surface area contributed by atoms with Gasteiger partial charge in [-0.05, 0) is 19.3 Å². The Bertz CT molecular complexity index is 526. The standard InChI is InChI=1S/C20H33N3O4S/c1-2-9-21-10-12-27-14-13-26-11-5-7-16(24)6-3-4-8-18-19-17(15-28-18)22-20(25)23-19/h1,17-19,21H,3-15H2,(H2,22,23,25)/t17?,18-,19?/m1/s1. The highest BCUT2D eigenvalue weighted by molar-refractivity contribution is 8.00. The first-order chi connectivity index (χ1) is 13.7. The molecular weight excluding hydrogens is 378 g/mol. The Morgan fingerprint density at radius 1 is 1.14 bits per heavy atom. The van der Waals surface area contributed by atoms with Crippen LogP contribution in [0.2, 0.25) is 0 Å². The van der Waals surface area contributed by atoms with Gasteiger partial charge >= 0.3 is 6.03 Å². The lowest BCUT2D eigenvalue weighted by Gasteiger charge is -2.16. The fraction of sp³-hybridized carbons (Fsp3) is 0.800. The molecule has 2 unspecified atom stereocenters. The molecule has 28 heavy (non-hydrogen) atoms. The first-order valence-electron chi connectivity index (χ1n) is 10.2. The molecule has 3 N–H and O–H groups in total. The lowest BCUT2D eigenvalue weighted by atomic mass is 10.0. The lowest BCUT2D eigenvalue weighted by molar-refractivity contribution is -0.119. The maximum Gasteiger partial charge on any atom is 0.315 e. The summed E-state index contributed by atoms with van der Waals surface area (Å²) in [5.41, 5.74) is 0. The van der Waals surface area contributed by atoms with E-state index in [1.165, 1.54) is 0 Å². The minimum Gasteiger partial charge on any atom is -0.379 e. The van der Waals surface area contributed by atoms with Crippen LogP contribution in [-0.2, 0) is 14.3 Å². The number of ketones is 1. The van der Waals surface area contributed by atoms with Gasteiger partial charge in [0.2, 0.25) is 0 Å². The number of carbonyl (C=O) groups excluding carboxylic acids is 2. The van der Waals surface area contributed by atoms with Gasteiger partial charge in [-0.3, -0.25) is 4.79 Å². The zero-order valence-corrected chi connectivity index (χ0v) is 17.4. The van der Waals surface area contributed by atoms with Crippen LogP contribution in [0.25, 0.3) is 0 Å². The second-order valence-electron chi connectivity index (χ2n) is 7.12. The monoisotopic (exact) mass is 411 g/mol. The van der Waals surface area contributed by atoms with Gasteiger partial charge in [0.15, 0.2) is 0 Å². The van der Waals surface area contributed by atoms with Gasteiger partial charge in [-0.25, -0.2) is 4.79 Å². The molecule has 2 heterocycles. The molecule has 0 aromatic carbocycles. The van der Waals surface area contributed by atoms with Gasteiger partial charge in [0.25, 0.3) is 0 Å². The molecule has 0 aliphatic carbocycles. The highest BCUT2D eigenvalue weighted by Gasteiger charge is 2.42. The molecule has 7 nitrogen and oxygen atoms in total. The Hall–Kier alpha value is -1.27. The zero-order valence-electron chi connectivity index (χ0n) is 16.5. The number of ether oxygens (including phenoxy) is 2. The molecule has 2 fully saturated rings. The second kappa shape index (κ2) is 13.8. The van der Waals surface area contributed by atoms with E-state index in [-0.39, 0.29) is 18.1 Å². The van der Waals surface area contributed by atoms with Crippen molar-refractivity contribution in [3.05, 3.63) is 0 Å². The molecule has 0 radical (unpaired) electrons. The van der Waals surface area contributed by atoms with Crippen LogP contribution in [0.15, 0.2) is 0 Å². The Labute approximate surface area is 172 Å². The van der Waals surface area contributed by atoms with Crippen LogP contribution in [0.1, 0.15) is 38.5 Å². The zero-order chi connectivity index (χ0) is 20.0. The lowest BCUT2D eigenvalue weighted by Crippen LogP contribution is -2.36. The van der Waals surface area contributed by atoms with Crippen LogP contribution < -0.4 is 16.0 Å². The van der Waals surface area contributed by atoms with Crippen LogP contribution >= 0.6 is 11.8 Å². The minimum absolute atomic E-state index is 0.0404. The van der Waals surface area contributed by atoms with Crippen molar-refractivity contribution in [1.82, 2.24) is 16.0 Å². The molecule has 0 aromatic rings. The molecule has 2 aliphatic heterocycles. The van der Waals surface area contributed by atoms with E-state index in [1.807, 2.05) is 11.8 Å². The summed E-state index contributed by atoms with van der Waals surface area (Å²) in [4.78, 5) is 23.3. The minimum atomic E-state index is -0.0404. The number of amides is 2. The quantitative estimate of drug-likeness (QED) is 0.202. The van der Waals surface area contributed by atoms with Crippen molar-refractivity contribution in [3.8, 4) is 12.3 Å². The molecule has 0 spiro atoms. The van der Waals surface area contributed by atoms with E-state index in [9.17, 15) is 9.59 Å². The van der Waals surface area contributed by atoms with E-state index < -0.39 is 0 Å². The van der Waals surface area contributed by atoms with Gasteiger partial charge in [0.1, 0.15) is 5.78 Å². The molecule has 2 aliphatic rings. The summed E-state index contributed by atoms with van der Waals surface area (Å²) in [7, 11) is 0. The normalized spacial score (nSPS) is 23.1. The number of thioether (sulfide) groups is 1. The van der Waals surface area contributed by atoms with Crippen LogP contribution in [-0.4, -0.2) is 74.4 Å². The first-order valence-corrected chi connectivity index (χ1v) is 11.3. The number of unbranched alkanes of at least 4 members (excludes halogenated alkanes) is 1. The van der Waals surface area contributed by atoms with Gasteiger partial charge in [0, 0.05) is 37.0 Å². The summed E-state index contributed by atoms with van der Waals surface area (Å²) in [6, 6.07) is 0.495. The number of Topliss-reactive ketones (excluding diaryl/α,β-unsaturated/α-hetero) is 1. The summed E-state index contributed by atoms with van der Waals surface area (Å²) in [5, 5.41) is 9.49. The number of terminal acetylenes is 1. The molecule has 0 aromatic heterocycles. The number of fused-ring (bicyclic) bond motifs is 1. The highest BCUT2D eigenvalue weighted by atomic mass is 32.2.